The third-order valence-electron chi connectivity index (χ3n) is 6.19. The second kappa shape index (κ2) is 7.08. The molecule has 0 aliphatic carbocycles. The third kappa shape index (κ3) is 3.11. The molecule has 1 saturated heterocycles. The van der Waals surface area contributed by atoms with Crippen molar-refractivity contribution in [3.8, 4) is 0 Å². The molecular formula is C25H27N3. The van der Waals surface area contributed by atoms with Gasteiger partial charge in [0.1, 0.15) is 0 Å². The van der Waals surface area contributed by atoms with E-state index in [2.05, 4.69) is 102 Å². The number of benzene rings is 3. The van der Waals surface area contributed by atoms with Gasteiger partial charge in [-0.05, 0) is 36.6 Å². The van der Waals surface area contributed by atoms with Crippen LogP contribution in [0.25, 0.3) is 0 Å². The van der Waals surface area contributed by atoms with Crippen molar-refractivity contribution in [1.29, 1.82) is 0 Å². The van der Waals surface area contributed by atoms with Crippen LogP contribution in [0.3, 0.4) is 0 Å². The number of nitrogens with one attached hydrogen (secondary N) is 2. The summed E-state index contributed by atoms with van der Waals surface area (Å²) in [5.74, 6) is 0.487. The monoisotopic (exact) mass is 369 g/mol. The van der Waals surface area contributed by atoms with Crippen LogP contribution < -0.4 is 15.8 Å². The molecular weight excluding hydrogens is 342 g/mol. The zero-order valence-corrected chi connectivity index (χ0v) is 16.5. The molecule has 0 spiro atoms. The second-order valence-electron chi connectivity index (χ2n) is 8.25. The minimum absolute atomic E-state index is 0.317. The van der Waals surface area contributed by atoms with Crippen molar-refractivity contribution in [3.05, 3.63) is 101 Å². The molecule has 3 atom stereocenters. The van der Waals surface area contributed by atoms with E-state index in [1.165, 1.54) is 33.5 Å². The highest BCUT2D eigenvalue weighted by Gasteiger charge is 2.43. The molecule has 28 heavy (non-hydrogen) atoms. The van der Waals surface area contributed by atoms with E-state index in [4.69, 9.17) is 0 Å². The molecule has 5 rings (SSSR count). The molecule has 3 nitrogen and oxygen atoms in total. The van der Waals surface area contributed by atoms with Gasteiger partial charge in [0.2, 0.25) is 0 Å². The molecule has 3 aromatic carbocycles. The first-order valence-corrected chi connectivity index (χ1v) is 10.2. The van der Waals surface area contributed by atoms with Crippen molar-refractivity contribution in [2.75, 3.05) is 11.4 Å². The number of hydrogen-bond acceptors (Lipinski definition) is 3. The summed E-state index contributed by atoms with van der Waals surface area (Å²) in [6, 6.07) is 27.3. The van der Waals surface area contributed by atoms with Crippen LogP contribution in [0.2, 0.25) is 0 Å². The molecule has 2 N–H and O–H groups in total. The maximum atomic E-state index is 3.61. The number of anilines is 1. The maximum Gasteiger partial charge on any atom is 0.0546 e. The average molecular weight is 370 g/mol. The van der Waals surface area contributed by atoms with Gasteiger partial charge in [-0.1, -0.05) is 77.9 Å². The van der Waals surface area contributed by atoms with Crippen LogP contribution in [0, 0.1) is 19.8 Å². The first kappa shape index (κ1) is 17.5. The Morgan fingerprint density at radius 1 is 0.821 bits per heavy atom. The van der Waals surface area contributed by atoms with Crippen LogP contribution in [0.4, 0.5) is 5.69 Å². The Labute approximate surface area is 167 Å². The third-order valence-corrected chi connectivity index (χ3v) is 6.19. The maximum absolute atomic E-state index is 3.61. The molecule has 0 amide bonds. The van der Waals surface area contributed by atoms with Crippen molar-refractivity contribution in [2.24, 2.45) is 5.92 Å². The van der Waals surface area contributed by atoms with E-state index >= 15 is 0 Å². The zero-order chi connectivity index (χ0) is 19.1. The Morgan fingerprint density at radius 3 is 2.32 bits per heavy atom. The summed E-state index contributed by atoms with van der Waals surface area (Å²) in [6.07, 6.45) is 0. The topological polar surface area (TPSA) is 27.3 Å². The number of nitrogens with zero attached hydrogens (tertiary/aromatic N) is 1. The molecule has 3 heteroatoms. The zero-order valence-electron chi connectivity index (χ0n) is 16.5. The van der Waals surface area contributed by atoms with E-state index < -0.39 is 0 Å². The van der Waals surface area contributed by atoms with Crippen molar-refractivity contribution in [2.45, 2.75) is 32.5 Å². The fourth-order valence-electron chi connectivity index (χ4n) is 4.73. The highest BCUT2D eigenvalue weighted by atomic mass is 15.4. The fourth-order valence-corrected chi connectivity index (χ4v) is 4.73. The molecule has 3 unspecified atom stereocenters. The summed E-state index contributed by atoms with van der Waals surface area (Å²) in [7, 11) is 0. The molecule has 0 bridgehead atoms. The SMILES string of the molecule is Cc1ccc(C2NNC3c4cc(C)ccc4N(Cc4ccccc4)CC23)cc1. The van der Waals surface area contributed by atoms with E-state index in [1.807, 2.05) is 0 Å². The number of rotatable bonds is 3. The molecule has 3 aromatic rings. The highest BCUT2D eigenvalue weighted by molar-refractivity contribution is 5.59. The van der Waals surface area contributed by atoms with Gasteiger partial charge in [-0.2, -0.15) is 0 Å². The number of hydrogen-bond donors (Lipinski definition) is 2. The minimum atomic E-state index is 0.317. The highest BCUT2D eigenvalue weighted by Crippen LogP contribution is 2.45. The lowest BCUT2D eigenvalue weighted by atomic mass is 9.81. The van der Waals surface area contributed by atoms with Gasteiger partial charge in [-0.3, -0.25) is 0 Å². The van der Waals surface area contributed by atoms with E-state index in [0.29, 0.717) is 18.0 Å². The van der Waals surface area contributed by atoms with Gasteiger partial charge in [-0.25, -0.2) is 10.9 Å². The van der Waals surface area contributed by atoms with Gasteiger partial charge >= 0.3 is 0 Å². The Balaban J connectivity index is 1.52. The van der Waals surface area contributed by atoms with Crippen LogP contribution >= 0.6 is 0 Å². The second-order valence-corrected chi connectivity index (χ2v) is 8.25. The molecule has 1 fully saturated rings. The smallest absolute Gasteiger partial charge is 0.0546 e. The lowest BCUT2D eigenvalue weighted by molar-refractivity contribution is 0.402. The van der Waals surface area contributed by atoms with E-state index in [9.17, 15) is 0 Å². The van der Waals surface area contributed by atoms with Crippen molar-refractivity contribution in [1.82, 2.24) is 10.9 Å². The van der Waals surface area contributed by atoms with Gasteiger partial charge in [0.05, 0.1) is 12.1 Å². The first-order valence-electron chi connectivity index (χ1n) is 10.2. The molecule has 0 saturated carbocycles. The Hall–Kier alpha value is -2.62. The predicted octanol–water partition coefficient (Wildman–Crippen LogP) is 4.83. The Bertz CT molecular complexity index is 965. The molecule has 0 radical (unpaired) electrons. The van der Waals surface area contributed by atoms with Crippen LogP contribution in [-0.4, -0.2) is 6.54 Å². The van der Waals surface area contributed by atoms with Crippen molar-refractivity contribution < 1.29 is 0 Å². The molecule has 142 valence electrons. The van der Waals surface area contributed by atoms with Crippen LogP contribution in [0.15, 0.2) is 72.8 Å². The van der Waals surface area contributed by atoms with E-state index in [1.54, 1.807) is 0 Å². The van der Waals surface area contributed by atoms with Crippen LogP contribution in [-0.2, 0) is 6.54 Å². The molecule has 2 heterocycles. The van der Waals surface area contributed by atoms with Gasteiger partial charge in [0.25, 0.3) is 0 Å². The average Bonchev–Trinajstić information content (AvgIpc) is 3.13. The fraction of sp³-hybridized carbons (Fsp3) is 0.280. The largest absolute Gasteiger partial charge is 0.367 e. The number of aryl methyl sites for hydroxylation is 2. The van der Waals surface area contributed by atoms with E-state index in [0.717, 1.165) is 13.1 Å². The number of hydrazine groups is 1. The summed E-state index contributed by atoms with van der Waals surface area (Å²) in [4.78, 5) is 2.56. The van der Waals surface area contributed by atoms with Crippen molar-refractivity contribution in [3.63, 3.8) is 0 Å². The lowest BCUT2D eigenvalue weighted by Gasteiger charge is -2.39. The van der Waals surface area contributed by atoms with E-state index in [-0.39, 0.29) is 0 Å². The van der Waals surface area contributed by atoms with Gasteiger partial charge in [0, 0.05) is 24.7 Å². The number of fused-ring (bicyclic) bond motifs is 3. The van der Waals surface area contributed by atoms with Gasteiger partial charge in [0.15, 0.2) is 0 Å². The molecule has 0 aromatic heterocycles. The molecule has 2 aliphatic heterocycles. The van der Waals surface area contributed by atoms with Gasteiger partial charge in [-0.15, -0.1) is 0 Å². The Kier molecular flexibility index (Phi) is 4.42. The molecule has 2 aliphatic rings. The van der Waals surface area contributed by atoms with Crippen LogP contribution in [0.5, 0.6) is 0 Å². The summed E-state index contributed by atoms with van der Waals surface area (Å²) in [5, 5.41) is 0. The van der Waals surface area contributed by atoms with Crippen molar-refractivity contribution >= 4 is 5.69 Å². The predicted molar refractivity (Wildman–Crippen MR) is 115 cm³/mol. The van der Waals surface area contributed by atoms with Crippen LogP contribution in [0.1, 0.15) is 39.9 Å². The standard InChI is InChI=1S/C25H27N3/c1-17-8-11-20(12-9-17)24-22-16-28(15-19-6-4-3-5-7-19)23-13-10-18(2)14-21(23)25(22)27-26-24/h3-14,22,24-27H,15-16H2,1-2H3. The minimum Gasteiger partial charge on any atom is -0.367 e. The Morgan fingerprint density at radius 2 is 1.54 bits per heavy atom. The normalized spacial score (nSPS) is 23.4. The summed E-state index contributed by atoms with van der Waals surface area (Å²) in [5.41, 5.74) is 15.3. The van der Waals surface area contributed by atoms with Gasteiger partial charge < -0.3 is 4.90 Å². The summed E-state index contributed by atoms with van der Waals surface area (Å²) < 4.78 is 0. The quantitative estimate of drug-likeness (QED) is 0.692. The lowest BCUT2D eigenvalue weighted by Crippen LogP contribution is -2.39. The summed E-state index contributed by atoms with van der Waals surface area (Å²) in [6.45, 7) is 6.31. The first-order chi connectivity index (χ1) is 13.7. The summed E-state index contributed by atoms with van der Waals surface area (Å²) >= 11 is 0.